The van der Waals surface area contributed by atoms with Crippen LogP contribution in [0.25, 0.3) is 0 Å². The zero-order chi connectivity index (χ0) is 13.0. The molecule has 3 nitrogen and oxygen atoms in total. The van der Waals surface area contributed by atoms with Crippen LogP contribution >= 0.6 is 11.3 Å². The topological polar surface area (TPSA) is 28.2 Å². The average Bonchev–Trinajstić information content (AvgIpc) is 2.86. The van der Waals surface area contributed by atoms with E-state index in [2.05, 4.69) is 41.4 Å². The van der Waals surface area contributed by atoms with E-state index in [4.69, 9.17) is 0 Å². The molecule has 1 fully saturated rings. The minimum Gasteiger partial charge on any atom is -0.314 e. The zero-order valence-corrected chi connectivity index (χ0v) is 12.6. The highest BCUT2D eigenvalue weighted by atomic mass is 32.1. The third kappa shape index (κ3) is 3.53. The van der Waals surface area contributed by atoms with Crippen molar-refractivity contribution in [3.05, 3.63) is 16.1 Å². The normalized spacial score (nSPS) is 18.2. The van der Waals surface area contributed by atoms with E-state index in [0.29, 0.717) is 5.54 Å². The van der Waals surface area contributed by atoms with Gasteiger partial charge in [0.1, 0.15) is 0 Å². The summed E-state index contributed by atoms with van der Waals surface area (Å²) in [7, 11) is 0. The highest BCUT2D eigenvalue weighted by Crippen LogP contribution is 2.23. The van der Waals surface area contributed by atoms with E-state index in [9.17, 15) is 0 Å². The molecule has 0 saturated carbocycles. The molecule has 0 aliphatic carbocycles. The second-order valence-corrected chi connectivity index (χ2v) is 6.58. The number of aromatic nitrogens is 1. The Bertz CT molecular complexity index is 367. The van der Waals surface area contributed by atoms with E-state index in [-0.39, 0.29) is 0 Å². The Morgan fingerprint density at radius 1 is 1.39 bits per heavy atom. The molecule has 2 heterocycles. The number of piperazine rings is 1. The molecule has 1 saturated heterocycles. The van der Waals surface area contributed by atoms with Gasteiger partial charge in [-0.2, -0.15) is 0 Å². The van der Waals surface area contributed by atoms with Crippen molar-refractivity contribution in [3.8, 4) is 0 Å². The van der Waals surface area contributed by atoms with E-state index in [1.807, 2.05) is 11.3 Å². The molecular weight excluding hydrogens is 242 g/mol. The van der Waals surface area contributed by atoms with Gasteiger partial charge in [0.2, 0.25) is 0 Å². The molecule has 0 spiro atoms. The lowest BCUT2D eigenvalue weighted by Crippen LogP contribution is -2.53. The number of nitrogens with zero attached hydrogens (tertiary/aromatic N) is 2. The molecule has 0 radical (unpaired) electrons. The van der Waals surface area contributed by atoms with Crippen LogP contribution in [0.5, 0.6) is 0 Å². The average molecular weight is 267 g/mol. The first-order valence-electron chi connectivity index (χ1n) is 7.01. The number of aryl methyl sites for hydroxylation is 2. The van der Waals surface area contributed by atoms with Crippen molar-refractivity contribution in [1.82, 2.24) is 15.2 Å². The van der Waals surface area contributed by atoms with Crippen molar-refractivity contribution in [2.24, 2.45) is 0 Å². The van der Waals surface area contributed by atoms with Crippen molar-refractivity contribution in [2.45, 2.75) is 45.6 Å². The number of nitrogens with one attached hydrogen (secondary N) is 1. The molecule has 0 atom stereocenters. The Labute approximate surface area is 115 Å². The maximum atomic E-state index is 4.66. The fourth-order valence-corrected chi connectivity index (χ4v) is 3.35. The molecule has 0 bridgehead atoms. The fraction of sp³-hybridized carbons (Fsp3) is 0.786. The number of hydrogen-bond acceptors (Lipinski definition) is 4. The van der Waals surface area contributed by atoms with Crippen LogP contribution in [0.3, 0.4) is 0 Å². The summed E-state index contributed by atoms with van der Waals surface area (Å²) in [5.41, 5.74) is 1.54. The molecule has 1 aliphatic rings. The minimum atomic E-state index is 0.292. The van der Waals surface area contributed by atoms with Gasteiger partial charge in [-0.3, -0.25) is 4.90 Å². The Morgan fingerprint density at radius 3 is 2.72 bits per heavy atom. The lowest BCUT2D eigenvalue weighted by atomic mass is 9.95. The molecule has 1 aliphatic heterocycles. The molecule has 1 N–H and O–H groups in total. The molecule has 102 valence electrons. The summed E-state index contributed by atoms with van der Waals surface area (Å²) in [4.78, 5) is 7.27. The summed E-state index contributed by atoms with van der Waals surface area (Å²) in [6.07, 6.45) is 3.36. The fourth-order valence-electron chi connectivity index (χ4n) is 2.47. The van der Waals surface area contributed by atoms with Gasteiger partial charge in [-0.15, -0.1) is 11.3 Å². The Kier molecular flexibility index (Phi) is 4.76. The summed E-state index contributed by atoms with van der Waals surface area (Å²) < 4.78 is 0. The second-order valence-electron chi connectivity index (χ2n) is 5.64. The standard InChI is InChI=1S/C14H25N3S/c1-4-12-11-18-13(16-12)5-6-14(2,3)17-9-7-15-8-10-17/h11,15H,4-10H2,1-3H3. The maximum absolute atomic E-state index is 4.66. The van der Waals surface area contributed by atoms with Crippen molar-refractivity contribution < 1.29 is 0 Å². The Morgan fingerprint density at radius 2 is 2.11 bits per heavy atom. The first-order valence-corrected chi connectivity index (χ1v) is 7.89. The lowest BCUT2D eigenvalue weighted by molar-refractivity contribution is 0.0959. The van der Waals surface area contributed by atoms with Gasteiger partial charge in [0.15, 0.2) is 0 Å². The largest absolute Gasteiger partial charge is 0.314 e. The SMILES string of the molecule is CCc1csc(CCC(C)(C)N2CCNCC2)n1. The molecule has 2 rings (SSSR count). The molecule has 18 heavy (non-hydrogen) atoms. The van der Waals surface area contributed by atoms with Crippen LogP contribution in [0.15, 0.2) is 5.38 Å². The van der Waals surface area contributed by atoms with E-state index in [1.54, 1.807) is 0 Å². The summed E-state index contributed by atoms with van der Waals surface area (Å²) in [6, 6.07) is 0. The summed E-state index contributed by atoms with van der Waals surface area (Å²) >= 11 is 1.82. The lowest BCUT2D eigenvalue weighted by Gasteiger charge is -2.41. The summed E-state index contributed by atoms with van der Waals surface area (Å²) in [5, 5.41) is 6.92. The highest BCUT2D eigenvalue weighted by Gasteiger charge is 2.27. The summed E-state index contributed by atoms with van der Waals surface area (Å²) in [6.45, 7) is 11.5. The van der Waals surface area contributed by atoms with Crippen molar-refractivity contribution in [2.75, 3.05) is 26.2 Å². The van der Waals surface area contributed by atoms with E-state index in [1.165, 1.54) is 30.2 Å². The molecule has 1 aromatic heterocycles. The van der Waals surface area contributed by atoms with Gasteiger partial charge >= 0.3 is 0 Å². The smallest absolute Gasteiger partial charge is 0.0928 e. The van der Waals surface area contributed by atoms with Gasteiger partial charge in [-0.05, 0) is 26.7 Å². The van der Waals surface area contributed by atoms with Crippen LogP contribution in [0.1, 0.15) is 37.9 Å². The molecule has 4 heteroatoms. The van der Waals surface area contributed by atoms with Crippen LogP contribution in [0, 0.1) is 0 Å². The zero-order valence-electron chi connectivity index (χ0n) is 11.8. The molecule has 0 amide bonds. The van der Waals surface area contributed by atoms with Gasteiger partial charge in [0, 0.05) is 43.5 Å². The molecule has 1 aromatic rings. The van der Waals surface area contributed by atoms with Gasteiger partial charge in [0.25, 0.3) is 0 Å². The van der Waals surface area contributed by atoms with Gasteiger partial charge in [0.05, 0.1) is 10.7 Å². The van der Waals surface area contributed by atoms with Crippen molar-refractivity contribution in [1.29, 1.82) is 0 Å². The number of rotatable bonds is 5. The predicted octanol–water partition coefficient (Wildman–Crippen LogP) is 2.32. The van der Waals surface area contributed by atoms with Crippen LogP contribution in [0.2, 0.25) is 0 Å². The van der Waals surface area contributed by atoms with Gasteiger partial charge in [-0.1, -0.05) is 6.92 Å². The first-order chi connectivity index (χ1) is 8.62. The van der Waals surface area contributed by atoms with Crippen LogP contribution in [-0.4, -0.2) is 41.6 Å². The van der Waals surface area contributed by atoms with Gasteiger partial charge < -0.3 is 5.32 Å². The molecular formula is C14H25N3S. The van der Waals surface area contributed by atoms with E-state index < -0.39 is 0 Å². The number of thiazole rings is 1. The number of hydrogen-bond donors (Lipinski definition) is 1. The Hall–Kier alpha value is -0.450. The molecule has 0 aromatic carbocycles. The van der Waals surface area contributed by atoms with Crippen LogP contribution < -0.4 is 5.32 Å². The van der Waals surface area contributed by atoms with Crippen LogP contribution in [-0.2, 0) is 12.8 Å². The predicted molar refractivity (Wildman–Crippen MR) is 78.3 cm³/mol. The minimum absolute atomic E-state index is 0.292. The van der Waals surface area contributed by atoms with Crippen LogP contribution in [0.4, 0.5) is 0 Å². The second kappa shape index (κ2) is 6.13. The third-order valence-electron chi connectivity index (χ3n) is 3.89. The summed E-state index contributed by atoms with van der Waals surface area (Å²) in [5.74, 6) is 0. The maximum Gasteiger partial charge on any atom is 0.0928 e. The van der Waals surface area contributed by atoms with Crippen molar-refractivity contribution in [3.63, 3.8) is 0 Å². The van der Waals surface area contributed by atoms with E-state index >= 15 is 0 Å². The monoisotopic (exact) mass is 267 g/mol. The van der Waals surface area contributed by atoms with Gasteiger partial charge in [-0.25, -0.2) is 4.98 Å². The van der Waals surface area contributed by atoms with E-state index in [0.717, 1.165) is 25.9 Å². The third-order valence-corrected chi connectivity index (χ3v) is 4.84. The Balaban J connectivity index is 1.87. The highest BCUT2D eigenvalue weighted by molar-refractivity contribution is 7.09. The quantitative estimate of drug-likeness (QED) is 0.887. The first kappa shape index (κ1) is 14.0. The van der Waals surface area contributed by atoms with Crippen molar-refractivity contribution >= 4 is 11.3 Å². The molecule has 0 unspecified atom stereocenters.